The summed E-state index contributed by atoms with van der Waals surface area (Å²) in [6, 6.07) is 7.30. The molecular formula is C15H19N3S. The highest BCUT2D eigenvalue weighted by molar-refractivity contribution is 7.07. The first-order valence-corrected chi connectivity index (χ1v) is 7.69. The Labute approximate surface area is 118 Å². The van der Waals surface area contributed by atoms with E-state index in [9.17, 15) is 0 Å². The van der Waals surface area contributed by atoms with Gasteiger partial charge in [-0.2, -0.15) is 11.3 Å². The van der Waals surface area contributed by atoms with Crippen molar-refractivity contribution in [3.63, 3.8) is 0 Å². The van der Waals surface area contributed by atoms with Crippen molar-refractivity contribution < 1.29 is 0 Å². The van der Waals surface area contributed by atoms with E-state index in [0.29, 0.717) is 12.6 Å². The highest BCUT2D eigenvalue weighted by Crippen LogP contribution is 2.35. The van der Waals surface area contributed by atoms with Crippen LogP contribution in [-0.2, 0) is 6.54 Å². The van der Waals surface area contributed by atoms with Gasteiger partial charge in [0.15, 0.2) is 0 Å². The van der Waals surface area contributed by atoms with Crippen molar-refractivity contribution in [3.8, 4) is 0 Å². The fraction of sp³-hybridized carbons (Fsp3) is 0.400. The Bertz CT molecular complexity index is 493. The van der Waals surface area contributed by atoms with Crippen LogP contribution in [0.4, 0.5) is 0 Å². The third-order valence-corrected chi connectivity index (χ3v) is 4.39. The number of hydrogen-bond acceptors (Lipinski definition) is 4. The molecule has 1 unspecified atom stereocenters. The van der Waals surface area contributed by atoms with Gasteiger partial charge in [0.2, 0.25) is 0 Å². The average molecular weight is 273 g/mol. The van der Waals surface area contributed by atoms with Gasteiger partial charge in [0, 0.05) is 37.6 Å². The van der Waals surface area contributed by atoms with Gasteiger partial charge in [-0.05, 0) is 46.9 Å². The van der Waals surface area contributed by atoms with E-state index in [-0.39, 0.29) is 6.04 Å². The van der Waals surface area contributed by atoms with Crippen LogP contribution in [0.2, 0.25) is 0 Å². The maximum atomic E-state index is 6.03. The number of rotatable bonds is 6. The Kier molecular flexibility index (Phi) is 3.92. The lowest BCUT2D eigenvalue weighted by Crippen LogP contribution is -2.35. The molecule has 0 aliphatic heterocycles. The maximum absolute atomic E-state index is 6.03. The Hall–Kier alpha value is -1.23. The molecule has 0 aromatic carbocycles. The minimum atomic E-state index is 0.279. The number of thiophene rings is 1. The molecule has 2 aromatic rings. The summed E-state index contributed by atoms with van der Waals surface area (Å²) in [5.74, 6) is 0. The molecule has 19 heavy (non-hydrogen) atoms. The smallest absolute Gasteiger partial charge is 0.0492 e. The third-order valence-electron chi connectivity index (χ3n) is 3.65. The minimum Gasteiger partial charge on any atom is -0.329 e. The molecule has 0 bridgehead atoms. The Morgan fingerprint density at radius 2 is 2.32 bits per heavy atom. The van der Waals surface area contributed by atoms with Crippen molar-refractivity contribution in [1.82, 2.24) is 9.88 Å². The molecule has 1 aliphatic rings. The molecule has 0 radical (unpaired) electrons. The second-order valence-electron chi connectivity index (χ2n) is 5.07. The summed E-state index contributed by atoms with van der Waals surface area (Å²) in [7, 11) is 0. The summed E-state index contributed by atoms with van der Waals surface area (Å²) in [4.78, 5) is 6.77. The van der Waals surface area contributed by atoms with E-state index in [2.05, 4.69) is 32.8 Å². The minimum absolute atomic E-state index is 0.279. The number of aromatic nitrogens is 1. The van der Waals surface area contributed by atoms with E-state index >= 15 is 0 Å². The number of nitrogens with two attached hydrogens (primary N) is 1. The standard InChI is InChI=1S/C15H19N3S/c16-8-15(13-2-1-6-17-9-13)18(14-3-4-14)10-12-5-7-19-11-12/h1-2,5-7,9,11,14-15H,3-4,8,10,16H2. The first-order chi connectivity index (χ1) is 9.38. The predicted octanol–water partition coefficient (Wildman–Crippen LogP) is 2.81. The molecule has 1 aliphatic carbocycles. The molecule has 4 heteroatoms. The molecule has 100 valence electrons. The Morgan fingerprint density at radius 1 is 1.42 bits per heavy atom. The van der Waals surface area contributed by atoms with Gasteiger partial charge in [-0.1, -0.05) is 6.07 Å². The Balaban J connectivity index is 1.81. The summed E-state index contributed by atoms with van der Waals surface area (Å²) in [5.41, 5.74) is 8.65. The summed E-state index contributed by atoms with van der Waals surface area (Å²) in [6.45, 7) is 1.64. The van der Waals surface area contributed by atoms with Crippen LogP contribution in [0, 0.1) is 0 Å². The van der Waals surface area contributed by atoms with E-state index in [1.807, 2.05) is 18.5 Å². The van der Waals surface area contributed by atoms with Crippen LogP contribution in [0.1, 0.15) is 30.0 Å². The van der Waals surface area contributed by atoms with Crippen molar-refractivity contribution in [2.45, 2.75) is 31.5 Å². The lowest BCUT2D eigenvalue weighted by molar-refractivity contribution is 0.182. The topological polar surface area (TPSA) is 42.1 Å². The molecule has 2 aromatic heterocycles. The van der Waals surface area contributed by atoms with E-state index in [1.54, 1.807) is 11.3 Å². The summed E-state index contributed by atoms with van der Waals surface area (Å²) < 4.78 is 0. The van der Waals surface area contributed by atoms with Crippen LogP contribution in [-0.4, -0.2) is 22.5 Å². The van der Waals surface area contributed by atoms with E-state index in [1.165, 1.54) is 24.0 Å². The molecule has 0 spiro atoms. The van der Waals surface area contributed by atoms with Crippen molar-refractivity contribution in [3.05, 3.63) is 52.5 Å². The van der Waals surface area contributed by atoms with Gasteiger partial charge in [-0.15, -0.1) is 0 Å². The molecule has 0 amide bonds. The number of pyridine rings is 1. The van der Waals surface area contributed by atoms with Crippen LogP contribution in [0.3, 0.4) is 0 Å². The van der Waals surface area contributed by atoms with Crippen LogP contribution in [0.15, 0.2) is 41.4 Å². The van der Waals surface area contributed by atoms with Crippen LogP contribution < -0.4 is 5.73 Å². The van der Waals surface area contributed by atoms with Crippen molar-refractivity contribution in [2.75, 3.05) is 6.54 Å². The zero-order chi connectivity index (χ0) is 13.1. The third kappa shape index (κ3) is 3.03. The molecule has 3 nitrogen and oxygen atoms in total. The van der Waals surface area contributed by atoms with Crippen LogP contribution in [0.5, 0.6) is 0 Å². The maximum Gasteiger partial charge on any atom is 0.0492 e. The molecule has 0 saturated heterocycles. The van der Waals surface area contributed by atoms with Crippen molar-refractivity contribution in [1.29, 1.82) is 0 Å². The van der Waals surface area contributed by atoms with E-state index < -0.39 is 0 Å². The monoisotopic (exact) mass is 273 g/mol. The van der Waals surface area contributed by atoms with Gasteiger partial charge >= 0.3 is 0 Å². The zero-order valence-electron chi connectivity index (χ0n) is 10.9. The highest BCUT2D eigenvalue weighted by atomic mass is 32.1. The lowest BCUT2D eigenvalue weighted by Gasteiger charge is -2.31. The van der Waals surface area contributed by atoms with E-state index in [0.717, 1.165) is 6.54 Å². The Morgan fingerprint density at radius 3 is 2.89 bits per heavy atom. The molecule has 2 heterocycles. The quantitative estimate of drug-likeness (QED) is 0.880. The summed E-state index contributed by atoms with van der Waals surface area (Å²) >= 11 is 1.76. The molecule has 2 N–H and O–H groups in total. The first-order valence-electron chi connectivity index (χ1n) is 6.75. The summed E-state index contributed by atoms with van der Waals surface area (Å²) in [6.07, 6.45) is 6.35. The number of nitrogens with zero attached hydrogens (tertiary/aromatic N) is 2. The van der Waals surface area contributed by atoms with E-state index in [4.69, 9.17) is 5.73 Å². The zero-order valence-corrected chi connectivity index (χ0v) is 11.7. The lowest BCUT2D eigenvalue weighted by atomic mass is 10.1. The average Bonchev–Trinajstić information content (AvgIpc) is 3.17. The van der Waals surface area contributed by atoms with Gasteiger partial charge in [0.05, 0.1) is 0 Å². The van der Waals surface area contributed by atoms with Gasteiger partial charge in [0.1, 0.15) is 0 Å². The second-order valence-corrected chi connectivity index (χ2v) is 5.85. The van der Waals surface area contributed by atoms with Gasteiger partial charge in [-0.25, -0.2) is 0 Å². The van der Waals surface area contributed by atoms with Crippen molar-refractivity contribution >= 4 is 11.3 Å². The molecular weight excluding hydrogens is 254 g/mol. The van der Waals surface area contributed by atoms with Crippen LogP contribution >= 0.6 is 11.3 Å². The molecule has 1 fully saturated rings. The summed E-state index contributed by atoms with van der Waals surface area (Å²) in [5, 5.41) is 4.37. The fourth-order valence-electron chi connectivity index (χ4n) is 2.53. The van der Waals surface area contributed by atoms with Gasteiger partial charge < -0.3 is 5.73 Å². The van der Waals surface area contributed by atoms with Crippen LogP contribution in [0.25, 0.3) is 0 Å². The van der Waals surface area contributed by atoms with Gasteiger partial charge in [0.25, 0.3) is 0 Å². The second kappa shape index (κ2) is 5.82. The van der Waals surface area contributed by atoms with Gasteiger partial charge in [-0.3, -0.25) is 9.88 Å². The largest absolute Gasteiger partial charge is 0.329 e. The van der Waals surface area contributed by atoms with Crippen molar-refractivity contribution in [2.24, 2.45) is 5.73 Å². The number of hydrogen-bond donors (Lipinski definition) is 1. The fourth-order valence-corrected chi connectivity index (χ4v) is 3.19. The predicted molar refractivity (Wildman–Crippen MR) is 78.9 cm³/mol. The molecule has 1 saturated carbocycles. The first kappa shape index (κ1) is 12.8. The highest BCUT2D eigenvalue weighted by Gasteiger charge is 2.34. The normalized spacial score (nSPS) is 16.7. The SMILES string of the molecule is NCC(c1cccnc1)N(Cc1ccsc1)C1CC1. The molecule has 3 rings (SSSR count). The molecule has 1 atom stereocenters.